The molecule has 0 saturated heterocycles. The third kappa shape index (κ3) is 3.80. The van der Waals surface area contributed by atoms with E-state index in [1.54, 1.807) is 13.3 Å². The van der Waals surface area contributed by atoms with Gasteiger partial charge in [0.25, 0.3) is 0 Å². The fourth-order valence-electron chi connectivity index (χ4n) is 2.10. The summed E-state index contributed by atoms with van der Waals surface area (Å²) in [5.74, 6) is 0.659. The van der Waals surface area contributed by atoms with Gasteiger partial charge in [-0.3, -0.25) is 0 Å². The van der Waals surface area contributed by atoms with Crippen molar-refractivity contribution in [1.29, 1.82) is 0 Å². The lowest BCUT2D eigenvalue weighted by atomic mass is 10.0. The molecule has 1 heterocycles. The predicted molar refractivity (Wildman–Crippen MR) is 77.1 cm³/mol. The lowest BCUT2D eigenvalue weighted by molar-refractivity contribution is 0.396. The van der Waals surface area contributed by atoms with Crippen molar-refractivity contribution in [3.05, 3.63) is 59.8 Å². The fourth-order valence-corrected chi connectivity index (χ4v) is 2.10. The minimum absolute atomic E-state index is 0.375. The smallest absolute Gasteiger partial charge is 0.213 e. The number of benzene rings is 1. The highest BCUT2D eigenvalue weighted by atomic mass is 16.5. The zero-order chi connectivity index (χ0) is 13.5. The topological polar surface area (TPSA) is 34.2 Å². The number of nitrogens with zero attached hydrogens (tertiary/aromatic N) is 1. The Morgan fingerprint density at radius 3 is 2.68 bits per heavy atom. The molecule has 19 heavy (non-hydrogen) atoms. The summed E-state index contributed by atoms with van der Waals surface area (Å²) in [6.45, 7) is 3.00. The van der Waals surface area contributed by atoms with Gasteiger partial charge >= 0.3 is 0 Å². The first-order valence-electron chi connectivity index (χ1n) is 6.60. The van der Waals surface area contributed by atoms with Crippen LogP contribution in [-0.4, -0.2) is 12.1 Å². The Labute approximate surface area is 114 Å². The minimum atomic E-state index is 0.375. The molecule has 2 aromatic rings. The molecule has 0 aliphatic heterocycles. The van der Waals surface area contributed by atoms with Crippen LogP contribution < -0.4 is 10.1 Å². The van der Waals surface area contributed by atoms with Crippen LogP contribution in [0.2, 0.25) is 0 Å². The molecule has 0 saturated carbocycles. The van der Waals surface area contributed by atoms with Crippen LogP contribution >= 0.6 is 0 Å². The van der Waals surface area contributed by atoms with Crippen molar-refractivity contribution in [2.24, 2.45) is 0 Å². The van der Waals surface area contributed by atoms with Crippen LogP contribution in [0.25, 0.3) is 0 Å². The van der Waals surface area contributed by atoms with Gasteiger partial charge in [-0.15, -0.1) is 0 Å². The Balaban J connectivity index is 2.00. The summed E-state index contributed by atoms with van der Waals surface area (Å²) in [6.07, 6.45) is 2.84. The number of ether oxygens (including phenoxy) is 1. The fraction of sp³-hybridized carbons (Fsp3) is 0.312. The van der Waals surface area contributed by atoms with Crippen LogP contribution in [-0.2, 0) is 6.54 Å². The van der Waals surface area contributed by atoms with E-state index in [0.29, 0.717) is 11.9 Å². The molecule has 0 spiro atoms. The Kier molecular flexibility index (Phi) is 4.93. The molecular weight excluding hydrogens is 236 g/mol. The molecule has 1 N–H and O–H groups in total. The largest absolute Gasteiger partial charge is 0.481 e. The van der Waals surface area contributed by atoms with Gasteiger partial charge < -0.3 is 10.1 Å². The zero-order valence-corrected chi connectivity index (χ0v) is 11.5. The average Bonchev–Trinajstić information content (AvgIpc) is 2.49. The number of rotatable bonds is 6. The molecule has 0 aliphatic carbocycles. The van der Waals surface area contributed by atoms with Crippen molar-refractivity contribution in [1.82, 2.24) is 10.3 Å². The van der Waals surface area contributed by atoms with E-state index in [-0.39, 0.29) is 0 Å². The zero-order valence-electron chi connectivity index (χ0n) is 11.5. The number of aromatic nitrogens is 1. The van der Waals surface area contributed by atoms with Crippen LogP contribution in [0.15, 0.2) is 48.7 Å². The molecular formula is C16H20N2O. The van der Waals surface area contributed by atoms with Crippen molar-refractivity contribution in [2.75, 3.05) is 7.11 Å². The number of hydrogen-bond acceptors (Lipinski definition) is 3. The van der Waals surface area contributed by atoms with Crippen LogP contribution in [0.3, 0.4) is 0 Å². The summed E-state index contributed by atoms with van der Waals surface area (Å²) in [6, 6.07) is 14.9. The van der Waals surface area contributed by atoms with Gasteiger partial charge in [0.2, 0.25) is 5.88 Å². The summed E-state index contributed by atoms with van der Waals surface area (Å²) in [5.41, 5.74) is 2.51. The number of nitrogens with one attached hydrogen (secondary N) is 1. The molecule has 3 nitrogen and oxygen atoms in total. The van der Waals surface area contributed by atoms with Gasteiger partial charge in [-0.25, -0.2) is 4.98 Å². The third-order valence-corrected chi connectivity index (χ3v) is 3.17. The van der Waals surface area contributed by atoms with Gasteiger partial charge in [0.15, 0.2) is 0 Å². The highest BCUT2D eigenvalue weighted by Crippen LogP contribution is 2.17. The number of methoxy groups -OCH3 is 1. The Bertz CT molecular complexity index is 499. The number of pyridine rings is 1. The molecule has 100 valence electrons. The first kappa shape index (κ1) is 13.6. The van der Waals surface area contributed by atoms with Crippen LogP contribution in [0.5, 0.6) is 5.88 Å². The van der Waals surface area contributed by atoms with Crippen LogP contribution in [0.1, 0.15) is 30.5 Å². The molecule has 1 atom stereocenters. The van der Waals surface area contributed by atoms with Gasteiger partial charge in [0.05, 0.1) is 7.11 Å². The predicted octanol–water partition coefficient (Wildman–Crippen LogP) is 3.33. The Hall–Kier alpha value is -1.87. The molecule has 3 heteroatoms. The monoisotopic (exact) mass is 256 g/mol. The second-order valence-electron chi connectivity index (χ2n) is 4.46. The SMILES string of the molecule is CCC(NCc1ccnc(OC)c1)c1ccccc1. The molecule has 2 rings (SSSR count). The van der Waals surface area contributed by atoms with Gasteiger partial charge in [-0.1, -0.05) is 37.3 Å². The van der Waals surface area contributed by atoms with E-state index in [1.165, 1.54) is 11.1 Å². The van der Waals surface area contributed by atoms with Crippen molar-refractivity contribution >= 4 is 0 Å². The second-order valence-corrected chi connectivity index (χ2v) is 4.46. The van der Waals surface area contributed by atoms with Gasteiger partial charge in [0, 0.05) is 24.8 Å². The molecule has 0 bridgehead atoms. The van der Waals surface area contributed by atoms with Gasteiger partial charge in [0.1, 0.15) is 0 Å². The van der Waals surface area contributed by atoms with Crippen molar-refractivity contribution in [3.8, 4) is 5.88 Å². The van der Waals surface area contributed by atoms with E-state index in [4.69, 9.17) is 4.74 Å². The Morgan fingerprint density at radius 2 is 2.00 bits per heavy atom. The minimum Gasteiger partial charge on any atom is -0.481 e. The van der Waals surface area contributed by atoms with E-state index in [2.05, 4.69) is 41.5 Å². The van der Waals surface area contributed by atoms with Crippen molar-refractivity contribution in [3.63, 3.8) is 0 Å². The molecule has 1 aromatic heterocycles. The molecule has 0 fully saturated rings. The summed E-state index contributed by atoms with van der Waals surface area (Å²) >= 11 is 0. The summed E-state index contributed by atoms with van der Waals surface area (Å²) < 4.78 is 5.13. The molecule has 0 radical (unpaired) electrons. The van der Waals surface area contributed by atoms with Crippen molar-refractivity contribution in [2.45, 2.75) is 25.9 Å². The summed E-state index contributed by atoms with van der Waals surface area (Å²) in [7, 11) is 1.64. The summed E-state index contributed by atoms with van der Waals surface area (Å²) in [4.78, 5) is 4.11. The molecule has 1 unspecified atom stereocenters. The van der Waals surface area contributed by atoms with E-state index in [9.17, 15) is 0 Å². The first-order chi connectivity index (χ1) is 9.33. The first-order valence-corrected chi connectivity index (χ1v) is 6.60. The van der Waals surface area contributed by atoms with E-state index < -0.39 is 0 Å². The lowest BCUT2D eigenvalue weighted by Crippen LogP contribution is -2.20. The van der Waals surface area contributed by atoms with E-state index in [1.807, 2.05) is 18.2 Å². The summed E-state index contributed by atoms with van der Waals surface area (Å²) in [5, 5.41) is 3.57. The lowest BCUT2D eigenvalue weighted by Gasteiger charge is -2.17. The van der Waals surface area contributed by atoms with E-state index >= 15 is 0 Å². The van der Waals surface area contributed by atoms with Gasteiger partial charge in [-0.2, -0.15) is 0 Å². The maximum atomic E-state index is 5.13. The van der Waals surface area contributed by atoms with Crippen LogP contribution in [0.4, 0.5) is 0 Å². The average molecular weight is 256 g/mol. The maximum absolute atomic E-state index is 5.13. The molecule has 1 aromatic carbocycles. The molecule has 0 amide bonds. The quantitative estimate of drug-likeness (QED) is 0.860. The van der Waals surface area contributed by atoms with E-state index in [0.717, 1.165) is 13.0 Å². The standard InChI is InChI=1S/C16H20N2O/c1-3-15(14-7-5-4-6-8-14)18-12-13-9-10-17-16(11-13)19-2/h4-11,15,18H,3,12H2,1-2H3. The van der Waals surface area contributed by atoms with Crippen LogP contribution in [0, 0.1) is 0 Å². The van der Waals surface area contributed by atoms with Crippen molar-refractivity contribution < 1.29 is 4.74 Å². The number of hydrogen-bond donors (Lipinski definition) is 1. The second kappa shape index (κ2) is 6.90. The Morgan fingerprint density at radius 1 is 1.21 bits per heavy atom. The molecule has 0 aliphatic rings. The third-order valence-electron chi connectivity index (χ3n) is 3.17. The van der Waals surface area contributed by atoms with Gasteiger partial charge in [-0.05, 0) is 23.6 Å². The normalized spacial score (nSPS) is 12.1. The highest BCUT2D eigenvalue weighted by Gasteiger charge is 2.08. The highest BCUT2D eigenvalue weighted by molar-refractivity contribution is 5.22. The maximum Gasteiger partial charge on any atom is 0.213 e.